The molecular weight excluding hydrogens is 210 g/mol. The molecule has 17 heavy (non-hydrogen) atoms. The fourth-order valence-electron chi connectivity index (χ4n) is 3.22. The summed E-state index contributed by atoms with van der Waals surface area (Å²) in [7, 11) is 2.28. The van der Waals surface area contributed by atoms with Gasteiger partial charge in [-0.15, -0.1) is 0 Å². The van der Waals surface area contributed by atoms with Crippen molar-refractivity contribution in [1.82, 2.24) is 9.80 Å². The highest BCUT2D eigenvalue weighted by Crippen LogP contribution is 2.23. The van der Waals surface area contributed by atoms with Crippen molar-refractivity contribution in [2.75, 3.05) is 39.8 Å². The molecule has 1 heterocycles. The van der Waals surface area contributed by atoms with Crippen molar-refractivity contribution in [2.24, 2.45) is 11.7 Å². The van der Waals surface area contributed by atoms with Crippen LogP contribution in [-0.2, 0) is 0 Å². The lowest BCUT2D eigenvalue weighted by Crippen LogP contribution is -2.36. The van der Waals surface area contributed by atoms with Crippen molar-refractivity contribution in [2.45, 2.75) is 44.6 Å². The van der Waals surface area contributed by atoms with Gasteiger partial charge in [-0.25, -0.2) is 0 Å². The van der Waals surface area contributed by atoms with Crippen LogP contribution >= 0.6 is 0 Å². The third-order valence-corrected chi connectivity index (χ3v) is 4.46. The molecule has 3 nitrogen and oxygen atoms in total. The van der Waals surface area contributed by atoms with Crippen molar-refractivity contribution in [3.05, 3.63) is 0 Å². The fraction of sp³-hybridized carbons (Fsp3) is 1.00. The van der Waals surface area contributed by atoms with Crippen LogP contribution in [0.2, 0.25) is 0 Å². The van der Waals surface area contributed by atoms with Gasteiger partial charge in [-0.2, -0.15) is 0 Å². The molecule has 2 fully saturated rings. The second-order valence-electron chi connectivity index (χ2n) is 6.09. The molecule has 3 heteroatoms. The monoisotopic (exact) mass is 239 g/mol. The molecule has 2 N–H and O–H groups in total. The van der Waals surface area contributed by atoms with E-state index < -0.39 is 0 Å². The van der Waals surface area contributed by atoms with E-state index in [2.05, 4.69) is 16.8 Å². The number of likely N-dealkylation sites (tertiary alicyclic amines) is 1. The van der Waals surface area contributed by atoms with Gasteiger partial charge in [0.25, 0.3) is 0 Å². The Morgan fingerprint density at radius 1 is 1.12 bits per heavy atom. The van der Waals surface area contributed by atoms with Gasteiger partial charge in [-0.05, 0) is 64.6 Å². The van der Waals surface area contributed by atoms with Crippen LogP contribution in [0.25, 0.3) is 0 Å². The standard InChI is InChI=1S/C14H29N3/c1-16(10-11-17-8-2-3-9-17)12-13-4-6-14(15)7-5-13/h13-14H,2-12,15H2,1H3. The normalized spacial score (nSPS) is 31.2. The van der Waals surface area contributed by atoms with Gasteiger partial charge in [0, 0.05) is 25.7 Å². The summed E-state index contributed by atoms with van der Waals surface area (Å²) < 4.78 is 0. The number of hydrogen-bond acceptors (Lipinski definition) is 3. The van der Waals surface area contributed by atoms with Crippen LogP contribution in [-0.4, -0.2) is 55.6 Å². The van der Waals surface area contributed by atoms with Gasteiger partial charge in [-0.1, -0.05) is 0 Å². The lowest BCUT2D eigenvalue weighted by Gasteiger charge is -2.30. The Hall–Kier alpha value is -0.120. The molecule has 1 aliphatic carbocycles. The first-order valence-electron chi connectivity index (χ1n) is 7.40. The summed E-state index contributed by atoms with van der Waals surface area (Å²) >= 11 is 0. The molecule has 0 unspecified atom stereocenters. The summed E-state index contributed by atoms with van der Waals surface area (Å²) in [5, 5.41) is 0. The van der Waals surface area contributed by atoms with Gasteiger partial charge < -0.3 is 15.5 Å². The van der Waals surface area contributed by atoms with Gasteiger partial charge in [0.05, 0.1) is 0 Å². The molecule has 0 amide bonds. The Labute approximate surface area is 106 Å². The summed E-state index contributed by atoms with van der Waals surface area (Å²) in [6.45, 7) is 6.43. The van der Waals surface area contributed by atoms with E-state index in [1.807, 2.05) is 0 Å². The van der Waals surface area contributed by atoms with Crippen molar-refractivity contribution in [3.63, 3.8) is 0 Å². The van der Waals surface area contributed by atoms with Gasteiger partial charge in [0.1, 0.15) is 0 Å². The topological polar surface area (TPSA) is 32.5 Å². The molecule has 0 radical (unpaired) electrons. The Morgan fingerprint density at radius 3 is 2.41 bits per heavy atom. The first kappa shape index (κ1) is 13.3. The van der Waals surface area contributed by atoms with Crippen LogP contribution in [0.15, 0.2) is 0 Å². The summed E-state index contributed by atoms with van der Waals surface area (Å²) in [4.78, 5) is 5.13. The van der Waals surface area contributed by atoms with E-state index >= 15 is 0 Å². The first-order valence-corrected chi connectivity index (χ1v) is 7.40. The summed E-state index contributed by atoms with van der Waals surface area (Å²) in [6, 6.07) is 0.487. The van der Waals surface area contributed by atoms with Gasteiger partial charge in [-0.3, -0.25) is 0 Å². The van der Waals surface area contributed by atoms with Crippen molar-refractivity contribution < 1.29 is 0 Å². The molecule has 0 bridgehead atoms. The Bertz CT molecular complexity index is 206. The van der Waals surface area contributed by atoms with Crippen LogP contribution in [0.5, 0.6) is 0 Å². The van der Waals surface area contributed by atoms with Crippen LogP contribution in [0.3, 0.4) is 0 Å². The van der Waals surface area contributed by atoms with E-state index in [0.29, 0.717) is 6.04 Å². The van der Waals surface area contributed by atoms with E-state index in [1.165, 1.54) is 71.2 Å². The smallest absolute Gasteiger partial charge is 0.0109 e. The highest BCUT2D eigenvalue weighted by molar-refractivity contribution is 4.76. The second kappa shape index (κ2) is 6.72. The molecule has 0 spiro atoms. The summed E-state index contributed by atoms with van der Waals surface area (Å²) in [5.74, 6) is 0.901. The van der Waals surface area contributed by atoms with Crippen LogP contribution < -0.4 is 5.73 Å². The third kappa shape index (κ3) is 4.57. The van der Waals surface area contributed by atoms with E-state index in [0.717, 1.165) is 5.92 Å². The summed E-state index contributed by atoms with van der Waals surface area (Å²) in [6.07, 6.45) is 7.98. The molecule has 2 aliphatic rings. The largest absolute Gasteiger partial charge is 0.328 e. The molecule has 0 atom stereocenters. The highest BCUT2D eigenvalue weighted by atomic mass is 15.2. The molecule has 1 saturated carbocycles. The number of nitrogens with zero attached hydrogens (tertiary/aromatic N) is 2. The fourth-order valence-corrected chi connectivity index (χ4v) is 3.22. The molecule has 2 rings (SSSR count). The van der Waals surface area contributed by atoms with Gasteiger partial charge >= 0.3 is 0 Å². The average molecular weight is 239 g/mol. The maximum atomic E-state index is 5.95. The minimum Gasteiger partial charge on any atom is -0.328 e. The quantitative estimate of drug-likeness (QED) is 0.790. The lowest BCUT2D eigenvalue weighted by atomic mass is 9.86. The second-order valence-corrected chi connectivity index (χ2v) is 6.09. The summed E-state index contributed by atoms with van der Waals surface area (Å²) in [5.41, 5.74) is 5.95. The Morgan fingerprint density at radius 2 is 1.76 bits per heavy atom. The molecular formula is C14H29N3. The highest BCUT2D eigenvalue weighted by Gasteiger charge is 2.20. The van der Waals surface area contributed by atoms with Crippen LogP contribution in [0.1, 0.15) is 38.5 Å². The first-order chi connectivity index (χ1) is 8.24. The number of rotatable bonds is 5. The maximum Gasteiger partial charge on any atom is 0.0109 e. The molecule has 1 aliphatic heterocycles. The molecule has 0 aromatic carbocycles. The third-order valence-electron chi connectivity index (χ3n) is 4.46. The zero-order chi connectivity index (χ0) is 12.1. The minimum atomic E-state index is 0.487. The van der Waals surface area contributed by atoms with E-state index in [-0.39, 0.29) is 0 Å². The zero-order valence-corrected chi connectivity index (χ0v) is 11.4. The number of hydrogen-bond donors (Lipinski definition) is 1. The van der Waals surface area contributed by atoms with Crippen LogP contribution in [0, 0.1) is 5.92 Å². The number of nitrogens with two attached hydrogens (primary N) is 1. The minimum absolute atomic E-state index is 0.487. The van der Waals surface area contributed by atoms with Crippen LogP contribution in [0.4, 0.5) is 0 Å². The van der Waals surface area contributed by atoms with Crippen molar-refractivity contribution >= 4 is 0 Å². The van der Waals surface area contributed by atoms with Gasteiger partial charge in [0.2, 0.25) is 0 Å². The molecule has 100 valence electrons. The SMILES string of the molecule is CN(CCN1CCCC1)CC1CCC(N)CC1. The van der Waals surface area contributed by atoms with E-state index in [1.54, 1.807) is 0 Å². The predicted molar refractivity (Wildman–Crippen MR) is 73.1 cm³/mol. The lowest BCUT2D eigenvalue weighted by molar-refractivity contribution is 0.201. The Kier molecular flexibility index (Phi) is 5.26. The van der Waals surface area contributed by atoms with Crippen molar-refractivity contribution in [3.8, 4) is 0 Å². The molecule has 0 aromatic heterocycles. The van der Waals surface area contributed by atoms with E-state index in [4.69, 9.17) is 5.73 Å². The average Bonchev–Trinajstić information content (AvgIpc) is 2.83. The zero-order valence-electron chi connectivity index (χ0n) is 11.4. The predicted octanol–water partition coefficient (Wildman–Crippen LogP) is 1.53. The Balaban J connectivity index is 1.58. The maximum absolute atomic E-state index is 5.95. The van der Waals surface area contributed by atoms with E-state index in [9.17, 15) is 0 Å². The van der Waals surface area contributed by atoms with Gasteiger partial charge in [0.15, 0.2) is 0 Å². The number of likely N-dealkylation sites (N-methyl/N-ethyl adjacent to an activating group) is 1. The molecule has 0 aromatic rings. The van der Waals surface area contributed by atoms with Crippen molar-refractivity contribution in [1.29, 1.82) is 0 Å². The molecule has 1 saturated heterocycles.